The molecule has 0 spiro atoms. The monoisotopic (exact) mass is 414 g/mol. The van der Waals surface area contributed by atoms with Crippen molar-refractivity contribution >= 4 is 17.7 Å². The first-order valence-electron chi connectivity index (χ1n) is 8.93. The van der Waals surface area contributed by atoms with Gasteiger partial charge in [0.1, 0.15) is 0 Å². The van der Waals surface area contributed by atoms with Crippen molar-refractivity contribution < 1.29 is 14.3 Å². The van der Waals surface area contributed by atoms with Gasteiger partial charge in [-0.05, 0) is 28.6 Å². The molecular weight excluding hydrogens is 392 g/mol. The summed E-state index contributed by atoms with van der Waals surface area (Å²) in [4.78, 5) is 11.0. The Morgan fingerprint density at radius 2 is 2.03 bits per heavy atom. The number of nitrogens with two attached hydrogens (primary N) is 1. The number of para-hydroxylation sites is 2. The maximum Gasteiger partial charge on any atom is 0.255 e. The van der Waals surface area contributed by atoms with Crippen LogP contribution >= 0.6 is 11.8 Å². The second-order valence-corrected chi connectivity index (χ2v) is 7.00. The van der Waals surface area contributed by atoms with Gasteiger partial charge in [-0.1, -0.05) is 42.1 Å². The van der Waals surface area contributed by atoms with Gasteiger partial charge in [-0.3, -0.25) is 4.79 Å². The van der Waals surface area contributed by atoms with Gasteiger partial charge in [0, 0.05) is 24.4 Å². The van der Waals surface area contributed by atoms with Gasteiger partial charge in [0.15, 0.2) is 18.1 Å². The second-order valence-electron chi connectivity index (χ2n) is 5.94. The molecule has 0 aliphatic heterocycles. The van der Waals surface area contributed by atoms with Gasteiger partial charge in [0.05, 0.1) is 12.8 Å². The fourth-order valence-corrected chi connectivity index (χ4v) is 3.39. The molecule has 0 aliphatic rings. The van der Waals surface area contributed by atoms with Crippen molar-refractivity contribution in [2.24, 2.45) is 5.73 Å². The molecule has 1 heterocycles. The van der Waals surface area contributed by atoms with E-state index in [0.717, 1.165) is 28.7 Å². The summed E-state index contributed by atoms with van der Waals surface area (Å²) in [6.07, 6.45) is 0. The summed E-state index contributed by atoms with van der Waals surface area (Å²) < 4.78 is 12.6. The minimum Gasteiger partial charge on any atom is -0.493 e. The van der Waals surface area contributed by atoms with Gasteiger partial charge < -0.3 is 20.5 Å². The summed E-state index contributed by atoms with van der Waals surface area (Å²) in [6.45, 7) is 1.07. The number of ether oxygens (including phenoxy) is 2. The number of nitrogens with one attached hydrogen (secondary N) is 1. The fraction of sp³-hybridized carbons (Fsp3) is 0.263. The first-order chi connectivity index (χ1) is 14.2. The summed E-state index contributed by atoms with van der Waals surface area (Å²) in [5, 5.41) is 16.0. The number of methoxy groups -OCH3 is 1. The largest absolute Gasteiger partial charge is 0.493 e. The van der Waals surface area contributed by atoms with Crippen molar-refractivity contribution in [1.82, 2.24) is 25.5 Å². The van der Waals surface area contributed by atoms with E-state index < -0.39 is 5.91 Å². The Balaban J connectivity index is 1.53. The molecule has 2 aromatic carbocycles. The molecule has 0 saturated heterocycles. The lowest BCUT2D eigenvalue weighted by Crippen LogP contribution is -2.22. The molecule has 3 rings (SSSR count). The molecule has 0 fully saturated rings. The number of primary amides is 1. The van der Waals surface area contributed by atoms with Gasteiger partial charge in [-0.25, -0.2) is 0 Å². The minimum atomic E-state index is -0.539. The number of aromatic nitrogens is 4. The molecule has 3 N–H and O–H groups in total. The highest BCUT2D eigenvalue weighted by molar-refractivity contribution is 7.99. The molecule has 10 heteroatoms. The van der Waals surface area contributed by atoms with Crippen molar-refractivity contribution in [3.05, 3.63) is 54.1 Å². The highest BCUT2D eigenvalue weighted by Crippen LogP contribution is 2.31. The molecule has 0 unspecified atom stereocenters. The van der Waals surface area contributed by atoms with Crippen LogP contribution in [0.1, 0.15) is 5.56 Å². The quantitative estimate of drug-likeness (QED) is 0.357. The van der Waals surface area contributed by atoms with Crippen LogP contribution in [0.4, 0.5) is 0 Å². The molecule has 0 radical (unpaired) electrons. The summed E-state index contributed by atoms with van der Waals surface area (Å²) in [7, 11) is 1.55. The summed E-state index contributed by atoms with van der Waals surface area (Å²) >= 11 is 1.56. The smallest absolute Gasteiger partial charge is 0.255 e. The van der Waals surface area contributed by atoms with E-state index in [1.165, 1.54) is 0 Å². The zero-order valence-electron chi connectivity index (χ0n) is 15.9. The van der Waals surface area contributed by atoms with Gasteiger partial charge >= 0.3 is 0 Å². The van der Waals surface area contributed by atoms with E-state index in [0.29, 0.717) is 18.0 Å². The molecular formula is C19H22N6O3S. The van der Waals surface area contributed by atoms with Crippen LogP contribution in [0.2, 0.25) is 0 Å². The van der Waals surface area contributed by atoms with Crippen LogP contribution in [0.25, 0.3) is 5.69 Å². The number of nitrogens with zero attached hydrogens (tertiary/aromatic N) is 4. The summed E-state index contributed by atoms with van der Waals surface area (Å²) in [6, 6.07) is 15.3. The van der Waals surface area contributed by atoms with Crippen LogP contribution in [-0.2, 0) is 11.3 Å². The third kappa shape index (κ3) is 5.69. The zero-order valence-corrected chi connectivity index (χ0v) is 16.8. The predicted molar refractivity (Wildman–Crippen MR) is 109 cm³/mol. The van der Waals surface area contributed by atoms with Crippen LogP contribution in [0.15, 0.2) is 53.7 Å². The van der Waals surface area contributed by atoms with Crippen LogP contribution in [-0.4, -0.2) is 52.1 Å². The Bertz CT molecular complexity index is 935. The number of hydrogen-bond acceptors (Lipinski definition) is 8. The topological polar surface area (TPSA) is 117 Å². The van der Waals surface area contributed by atoms with Crippen molar-refractivity contribution in [3.63, 3.8) is 0 Å². The van der Waals surface area contributed by atoms with E-state index >= 15 is 0 Å². The van der Waals surface area contributed by atoms with E-state index in [-0.39, 0.29) is 6.61 Å². The average Bonchev–Trinajstić information content (AvgIpc) is 3.21. The molecule has 0 atom stereocenters. The van der Waals surface area contributed by atoms with E-state index in [2.05, 4.69) is 20.8 Å². The van der Waals surface area contributed by atoms with E-state index in [4.69, 9.17) is 15.2 Å². The highest BCUT2D eigenvalue weighted by Gasteiger charge is 2.12. The Labute approximate surface area is 172 Å². The van der Waals surface area contributed by atoms with Crippen LogP contribution < -0.4 is 20.5 Å². The molecule has 0 saturated carbocycles. The van der Waals surface area contributed by atoms with Crippen LogP contribution in [0.3, 0.4) is 0 Å². The van der Waals surface area contributed by atoms with Crippen molar-refractivity contribution in [2.45, 2.75) is 11.7 Å². The second kappa shape index (κ2) is 10.4. The number of amides is 1. The van der Waals surface area contributed by atoms with Gasteiger partial charge in [0.25, 0.3) is 5.91 Å². The van der Waals surface area contributed by atoms with Gasteiger partial charge in [0.2, 0.25) is 5.16 Å². The van der Waals surface area contributed by atoms with Crippen LogP contribution in [0.5, 0.6) is 11.5 Å². The Hall–Kier alpha value is -3.11. The number of benzene rings is 2. The first kappa shape index (κ1) is 20.6. The number of hydrogen-bond donors (Lipinski definition) is 2. The normalized spacial score (nSPS) is 10.7. The molecule has 152 valence electrons. The number of thioether (sulfide) groups is 1. The zero-order chi connectivity index (χ0) is 20.5. The van der Waals surface area contributed by atoms with Crippen LogP contribution in [0, 0.1) is 0 Å². The molecule has 1 aromatic heterocycles. The first-order valence-corrected chi connectivity index (χ1v) is 9.92. The number of carbonyl (C=O) groups excluding carboxylic acids is 1. The van der Waals surface area contributed by atoms with Gasteiger partial charge in [-0.15, -0.1) is 5.10 Å². The molecule has 9 nitrogen and oxygen atoms in total. The van der Waals surface area contributed by atoms with Crippen molar-refractivity contribution in [1.29, 1.82) is 0 Å². The number of carbonyl (C=O) groups is 1. The maximum absolute atomic E-state index is 11.0. The molecule has 0 bridgehead atoms. The SMILES string of the molecule is COc1cccc(CNCCSc2nnnn2-c2ccccc2)c1OCC(N)=O. The molecule has 1 amide bonds. The highest BCUT2D eigenvalue weighted by atomic mass is 32.2. The molecule has 3 aromatic rings. The van der Waals surface area contributed by atoms with Crippen molar-refractivity contribution in [2.75, 3.05) is 26.0 Å². The third-order valence-corrected chi connectivity index (χ3v) is 4.83. The lowest BCUT2D eigenvalue weighted by molar-refractivity contribution is -0.119. The Morgan fingerprint density at radius 1 is 1.21 bits per heavy atom. The minimum absolute atomic E-state index is 0.203. The lowest BCUT2D eigenvalue weighted by atomic mass is 10.2. The predicted octanol–water partition coefficient (Wildman–Crippen LogP) is 1.42. The van der Waals surface area contributed by atoms with E-state index in [1.807, 2.05) is 42.5 Å². The molecule has 0 aliphatic carbocycles. The summed E-state index contributed by atoms with van der Waals surface area (Å²) in [5.41, 5.74) is 6.98. The number of rotatable bonds is 11. The lowest BCUT2D eigenvalue weighted by Gasteiger charge is -2.14. The fourth-order valence-electron chi connectivity index (χ4n) is 2.61. The van der Waals surface area contributed by atoms with Crippen molar-refractivity contribution in [3.8, 4) is 17.2 Å². The Kier molecular flexibility index (Phi) is 7.42. The van der Waals surface area contributed by atoms with Gasteiger partial charge in [-0.2, -0.15) is 4.68 Å². The standard InChI is InChI=1S/C19H22N6O3S/c1-27-16-9-5-6-14(18(16)28-13-17(20)26)12-21-10-11-29-19-22-23-24-25(19)15-7-3-2-4-8-15/h2-9,21H,10-13H2,1H3,(H2,20,26). The summed E-state index contributed by atoms with van der Waals surface area (Å²) in [5.74, 6) is 1.31. The average molecular weight is 414 g/mol. The van der Waals surface area contributed by atoms with E-state index in [1.54, 1.807) is 29.6 Å². The third-order valence-electron chi connectivity index (χ3n) is 3.91. The number of tetrazole rings is 1. The Morgan fingerprint density at radius 3 is 2.79 bits per heavy atom. The molecule has 29 heavy (non-hydrogen) atoms. The maximum atomic E-state index is 11.0. The van der Waals surface area contributed by atoms with E-state index in [9.17, 15) is 4.79 Å².